The number of benzene rings is 1. The van der Waals surface area contributed by atoms with Gasteiger partial charge in [-0.2, -0.15) is 0 Å². The molecule has 0 atom stereocenters. The van der Waals surface area contributed by atoms with E-state index in [-0.39, 0.29) is 18.8 Å². The summed E-state index contributed by atoms with van der Waals surface area (Å²) in [7, 11) is 0. The van der Waals surface area contributed by atoms with E-state index in [1.807, 2.05) is 18.2 Å². The fourth-order valence-electron chi connectivity index (χ4n) is 1.91. The smallest absolute Gasteiger partial charge is 0.262 e. The monoisotopic (exact) mass is 294 g/mol. The van der Waals surface area contributed by atoms with E-state index in [1.54, 1.807) is 10.6 Å². The Kier molecular flexibility index (Phi) is 5.58. The predicted molar refractivity (Wildman–Crippen MR) is 80.1 cm³/mol. The van der Waals surface area contributed by atoms with Crippen LogP contribution in [0.25, 0.3) is 10.9 Å². The molecule has 1 aromatic heterocycles. The van der Waals surface area contributed by atoms with E-state index >= 15 is 0 Å². The van der Waals surface area contributed by atoms with Gasteiger partial charge in [-0.1, -0.05) is 23.9 Å². The first kappa shape index (κ1) is 15.0. The maximum absolute atomic E-state index is 12.5. The molecular formula is C14H18N2O3S. The lowest BCUT2D eigenvalue weighted by atomic mass is 10.2. The highest BCUT2D eigenvalue weighted by atomic mass is 32.2. The van der Waals surface area contributed by atoms with Gasteiger partial charge in [0.15, 0.2) is 5.16 Å². The number of hydrogen-bond donors (Lipinski definition) is 2. The Morgan fingerprint density at radius 3 is 2.65 bits per heavy atom. The van der Waals surface area contributed by atoms with Crippen LogP contribution in [0, 0.1) is 0 Å². The Morgan fingerprint density at radius 2 is 1.90 bits per heavy atom. The van der Waals surface area contributed by atoms with Gasteiger partial charge >= 0.3 is 0 Å². The molecule has 0 spiro atoms. The summed E-state index contributed by atoms with van der Waals surface area (Å²) in [6.07, 6.45) is 1.18. The fourth-order valence-corrected chi connectivity index (χ4v) is 2.86. The predicted octanol–water partition coefficient (Wildman–Crippen LogP) is 1.25. The minimum absolute atomic E-state index is 0.0417. The van der Waals surface area contributed by atoms with Gasteiger partial charge in [0, 0.05) is 25.5 Å². The van der Waals surface area contributed by atoms with Crippen molar-refractivity contribution in [3.63, 3.8) is 0 Å². The molecule has 108 valence electrons. The van der Waals surface area contributed by atoms with Crippen LogP contribution >= 0.6 is 11.8 Å². The molecule has 0 aliphatic rings. The summed E-state index contributed by atoms with van der Waals surface area (Å²) < 4.78 is 1.61. The Balaban J connectivity index is 2.43. The highest BCUT2D eigenvalue weighted by molar-refractivity contribution is 7.99. The van der Waals surface area contributed by atoms with Gasteiger partial charge < -0.3 is 10.2 Å². The largest absolute Gasteiger partial charge is 0.396 e. The molecule has 0 saturated carbocycles. The van der Waals surface area contributed by atoms with Crippen molar-refractivity contribution in [2.45, 2.75) is 24.5 Å². The Morgan fingerprint density at radius 1 is 1.15 bits per heavy atom. The summed E-state index contributed by atoms with van der Waals surface area (Å²) in [6, 6.07) is 7.26. The van der Waals surface area contributed by atoms with Crippen molar-refractivity contribution in [2.24, 2.45) is 0 Å². The zero-order chi connectivity index (χ0) is 14.4. The number of fused-ring (bicyclic) bond motifs is 1. The van der Waals surface area contributed by atoms with Crippen molar-refractivity contribution in [3.05, 3.63) is 34.6 Å². The molecule has 2 rings (SSSR count). The van der Waals surface area contributed by atoms with E-state index in [2.05, 4.69) is 4.98 Å². The molecule has 0 radical (unpaired) electrons. The standard InChI is InChI=1S/C14H18N2O3S/c17-8-3-7-16-13(19)11-5-1-2-6-12(11)15-14(16)20-10-4-9-18/h1-2,5-6,17-18H,3-4,7-10H2. The lowest BCUT2D eigenvalue weighted by Crippen LogP contribution is -2.24. The average Bonchev–Trinajstić information content (AvgIpc) is 2.47. The summed E-state index contributed by atoms with van der Waals surface area (Å²) in [5.41, 5.74) is 0.611. The molecule has 0 unspecified atom stereocenters. The van der Waals surface area contributed by atoms with Crippen LogP contribution in [0.3, 0.4) is 0 Å². The van der Waals surface area contributed by atoms with E-state index in [9.17, 15) is 4.79 Å². The number of aliphatic hydroxyl groups is 2. The summed E-state index contributed by atoms with van der Waals surface area (Å²) >= 11 is 1.46. The van der Waals surface area contributed by atoms with Crippen LogP contribution in [0.15, 0.2) is 34.2 Å². The van der Waals surface area contributed by atoms with Gasteiger partial charge in [-0.05, 0) is 25.0 Å². The number of thioether (sulfide) groups is 1. The maximum atomic E-state index is 12.5. The third kappa shape index (κ3) is 3.39. The van der Waals surface area contributed by atoms with Crippen molar-refractivity contribution in [1.29, 1.82) is 0 Å². The topological polar surface area (TPSA) is 75.3 Å². The molecule has 5 nitrogen and oxygen atoms in total. The second-order valence-corrected chi connectivity index (χ2v) is 5.43. The number of nitrogens with zero attached hydrogens (tertiary/aromatic N) is 2. The maximum Gasteiger partial charge on any atom is 0.262 e. The van der Waals surface area contributed by atoms with Crippen molar-refractivity contribution >= 4 is 22.7 Å². The second-order valence-electron chi connectivity index (χ2n) is 4.37. The highest BCUT2D eigenvalue weighted by Crippen LogP contribution is 2.18. The lowest BCUT2D eigenvalue weighted by Gasteiger charge is -2.12. The molecule has 2 N–H and O–H groups in total. The highest BCUT2D eigenvalue weighted by Gasteiger charge is 2.10. The van der Waals surface area contributed by atoms with Gasteiger partial charge in [0.05, 0.1) is 10.9 Å². The lowest BCUT2D eigenvalue weighted by molar-refractivity contribution is 0.276. The first-order chi connectivity index (χ1) is 9.77. The van der Waals surface area contributed by atoms with E-state index in [4.69, 9.17) is 10.2 Å². The van der Waals surface area contributed by atoms with Crippen LogP contribution in [0.5, 0.6) is 0 Å². The molecular weight excluding hydrogens is 276 g/mol. The minimum atomic E-state index is -0.0736. The third-order valence-electron chi connectivity index (χ3n) is 2.90. The first-order valence-electron chi connectivity index (χ1n) is 6.62. The number of aromatic nitrogens is 2. The van der Waals surface area contributed by atoms with E-state index in [1.165, 1.54) is 11.8 Å². The van der Waals surface area contributed by atoms with Crippen LogP contribution in [-0.2, 0) is 6.54 Å². The van der Waals surface area contributed by atoms with Gasteiger partial charge in [-0.25, -0.2) is 4.98 Å². The van der Waals surface area contributed by atoms with Crippen LogP contribution in [-0.4, -0.2) is 38.7 Å². The first-order valence-corrected chi connectivity index (χ1v) is 7.60. The van der Waals surface area contributed by atoms with Crippen LogP contribution in [0.2, 0.25) is 0 Å². The second kappa shape index (κ2) is 7.42. The number of hydrogen-bond acceptors (Lipinski definition) is 5. The zero-order valence-electron chi connectivity index (χ0n) is 11.2. The molecule has 6 heteroatoms. The molecule has 2 aromatic rings. The van der Waals surface area contributed by atoms with Crippen LogP contribution < -0.4 is 5.56 Å². The normalized spacial score (nSPS) is 11.1. The van der Waals surface area contributed by atoms with E-state index < -0.39 is 0 Å². The number of aliphatic hydroxyl groups excluding tert-OH is 2. The quantitative estimate of drug-likeness (QED) is 0.457. The molecule has 0 fully saturated rings. The molecule has 0 amide bonds. The molecule has 1 heterocycles. The Hall–Kier alpha value is -1.37. The SMILES string of the molecule is O=c1c2ccccc2nc(SCCCO)n1CCCO. The summed E-state index contributed by atoms with van der Waals surface area (Å²) in [6.45, 7) is 0.621. The van der Waals surface area contributed by atoms with Crippen LogP contribution in [0.1, 0.15) is 12.8 Å². The minimum Gasteiger partial charge on any atom is -0.396 e. The summed E-state index contributed by atoms with van der Waals surface area (Å²) in [5, 5.41) is 19.1. The Labute approximate surface area is 121 Å². The summed E-state index contributed by atoms with van der Waals surface area (Å²) in [5.74, 6) is 0.709. The molecule has 20 heavy (non-hydrogen) atoms. The molecule has 0 aliphatic carbocycles. The average molecular weight is 294 g/mol. The van der Waals surface area contributed by atoms with Gasteiger partial charge in [-0.3, -0.25) is 9.36 Å². The number of para-hydroxylation sites is 1. The van der Waals surface area contributed by atoms with Gasteiger partial charge in [0.1, 0.15) is 0 Å². The summed E-state index contributed by atoms with van der Waals surface area (Å²) in [4.78, 5) is 17.0. The molecule has 0 bridgehead atoms. The Bertz CT molecular complexity index is 627. The van der Waals surface area contributed by atoms with Gasteiger partial charge in [0.2, 0.25) is 0 Å². The van der Waals surface area contributed by atoms with Crippen molar-refractivity contribution in [1.82, 2.24) is 9.55 Å². The van der Waals surface area contributed by atoms with Crippen LogP contribution in [0.4, 0.5) is 0 Å². The van der Waals surface area contributed by atoms with Crippen molar-refractivity contribution in [3.8, 4) is 0 Å². The third-order valence-corrected chi connectivity index (χ3v) is 3.96. The van der Waals surface area contributed by atoms with Crippen molar-refractivity contribution in [2.75, 3.05) is 19.0 Å². The van der Waals surface area contributed by atoms with Crippen molar-refractivity contribution < 1.29 is 10.2 Å². The number of rotatable bonds is 7. The molecule has 0 saturated heterocycles. The fraction of sp³-hybridized carbons (Fsp3) is 0.429. The van der Waals surface area contributed by atoms with E-state index in [0.717, 1.165) is 0 Å². The molecule has 1 aromatic carbocycles. The van der Waals surface area contributed by atoms with Gasteiger partial charge in [-0.15, -0.1) is 0 Å². The zero-order valence-corrected chi connectivity index (χ0v) is 12.0. The van der Waals surface area contributed by atoms with E-state index in [0.29, 0.717) is 41.2 Å². The molecule has 0 aliphatic heterocycles. The van der Waals surface area contributed by atoms with Gasteiger partial charge in [0.25, 0.3) is 5.56 Å².